The fraction of sp³-hybridized carbons (Fsp3) is 0.667. The lowest BCUT2D eigenvalue weighted by molar-refractivity contribution is -0.138. The van der Waals surface area contributed by atoms with E-state index in [4.69, 9.17) is 5.11 Å². The first-order chi connectivity index (χ1) is 6.06. The van der Waals surface area contributed by atoms with Crippen LogP contribution in [0.3, 0.4) is 0 Å². The largest absolute Gasteiger partial charge is 0.480 e. The van der Waals surface area contributed by atoms with Gasteiger partial charge in [-0.3, -0.25) is 9.69 Å². The van der Waals surface area contributed by atoms with E-state index in [2.05, 4.69) is 6.58 Å². The molecular weight excluding hydrogens is 170 g/mol. The van der Waals surface area contributed by atoms with Crippen LogP contribution in [0, 0.1) is 0 Å². The van der Waals surface area contributed by atoms with Crippen molar-refractivity contribution in [3.8, 4) is 0 Å². The molecule has 13 heavy (non-hydrogen) atoms. The summed E-state index contributed by atoms with van der Waals surface area (Å²) >= 11 is 0. The summed E-state index contributed by atoms with van der Waals surface area (Å²) in [7, 11) is 1.67. The monoisotopic (exact) mass is 187 g/mol. The van der Waals surface area contributed by atoms with Crippen molar-refractivity contribution in [3.63, 3.8) is 0 Å². The summed E-state index contributed by atoms with van der Waals surface area (Å²) < 4.78 is 0. The highest BCUT2D eigenvalue weighted by molar-refractivity contribution is 5.68. The standard InChI is InChI=1S/C9H17NO3/c1-3-4-5-8(11)6-10(2)7-9(12)13/h3,8,11H,1,4-7H2,2H3,(H,12,13). The molecule has 1 atom stereocenters. The number of hydrogen-bond acceptors (Lipinski definition) is 3. The molecule has 0 saturated heterocycles. The molecule has 4 nitrogen and oxygen atoms in total. The molecule has 0 amide bonds. The van der Waals surface area contributed by atoms with Gasteiger partial charge in [0.05, 0.1) is 12.6 Å². The van der Waals surface area contributed by atoms with Gasteiger partial charge in [0.1, 0.15) is 0 Å². The average Bonchev–Trinajstić information content (AvgIpc) is 1.98. The molecule has 76 valence electrons. The zero-order valence-corrected chi connectivity index (χ0v) is 7.94. The van der Waals surface area contributed by atoms with Gasteiger partial charge >= 0.3 is 5.97 Å². The summed E-state index contributed by atoms with van der Waals surface area (Å²) in [6, 6.07) is 0. The molecule has 1 unspecified atom stereocenters. The van der Waals surface area contributed by atoms with E-state index in [-0.39, 0.29) is 6.54 Å². The smallest absolute Gasteiger partial charge is 0.317 e. The molecule has 0 rings (SSSR count). The predicted molar refractivity (Wildman–Crippen MR) is 50.6 cm³/mol. The van der Waals surface area contributed by atoms with Gasteiger partial charge in [-0.05, 0) is 19.9 Å². The van der Waals surface area contributed by atoms with Crippen LogP contribution >= 0.6 is 0 Å². The van der Waals surface area contributed by atoms with Gasteiger partial charge in [0.15, 0.2) is 0 Å². The Bertz CT molecular complexity index is 170. The number of carbonyl (C=O) groups is 1. The van der Waals surface area contributed by atoms with Crippen LogP contribution < -0.4 is 0 Å². The molecule has 0 saturated carbocycles. The molecule has 2 N–H and O–H groups in total. The Kier molecular flexibility index (Phi) is 6.18. The van der Waals surface area contributed by atoms with Crippen LogP contribution in [0.5, 0.6) is 0 Å². The topological polar surface area (TPSA) is 60.8 Å². The maximum atomic E-state index is 10.3. The Morgan fingerprint density at radius 3 is 2.77 bits per heavy atom. The molecule has 4 heteroatoms. The van der Waals surface area contributed by atoms with E-state index in [1.807, 2.05) is 0 Å². The summed E-state index contributed by atoms with van der Waals surface area (Å²) in [6.45, 7) is 3.89. The average molecular weight is 187 g/mol. The fourth-order valence-electron chi connectivity index (χ4n) is 1.06. The lowest BCUT2D eigenvalue weighted by Crippen LogP contribution is -2.33. The number of nitrogens with zero attached hydrogens (tertiary/aromatic N) is 1. The Morgan fingerprint density at radius 1 is 1.69 bits per heavy atom. The minimum absolute atomic E-state index is 0.0366. The van der Waals surface area contributed by atoms with Gasteiger partial charge in [-0.25, -0.2) is 0 Å². The Hall–Kier alpha value is -0.870. The van der Waals surface area contributed by atoms with Gasteiger partial charge in [-0.2, -0.15) is 0 Å². The number of carboxylic acids is 1. The molecule has 0 aromatic rings. The van der Waals surface area contributed by atoms with Gasteiger partial charge in [0.25, 0.3) is 0 Å². The quantitative estimate of drug-likeness (QED) is 0.564. The molecule has 0 aromatic carbocycles. The molecule has 0 spiro atoms. The van der Waals surface area contributed by atoms with Crippen molar-refractivity contribution in [2.24, 2.45) is 0 Å². The second-order valence-corrected chi connectivity index (χ2v) is 3.11. The first kappa shape index (κ1) is 12.1. The predicted octanol–water partition coefficient (Wildman–Crippen LogP) is 0.330. The SMILES string of the molecule is C=CCCC(O)CN(C)CC(=O)O. The van der Waals surface area contributed by atoms with Crippen LogP contribution in [0.15, 0.2) is 12.7 Å². The third kappa shape index (κ3) is 7.49. The number of allylic oxidation sites excluding steroid dienone is 1. The molecule has 0 aliphatic rings. The van der Waals surface area contributed by atoms with E-state index in [1.165, 1.54) is 0 Å². The van der Waals surface area contributed by atoms with Crippen molar-refractivity contribution in [2.75, 3.05) is 20.1 Å². The van der Waals surface area contributed by atoms with Crippen molar-refractivity contribution in [2.45, 2.75) is 18.9 Å². The minimum atomic E-state index is -0.876. The van der Waals surface area contributed by atoms with Gasteiger partial charge < -0.3 is 10.2 Å². The maximum absolute atomic E-state index is 10.3. The molecular formula is C9H17NO3. The molecule has 0 fully saturated rings. The number of aliphatic hydroxyl groups excluding tert-OH is 1. The Balaban J connectivity index is 3.57. The van der Waals surface area contributed by atoms with E-state index in [1.54, 1.807) is 18.0 Å². The fourth-order valence-corrected chi connectivity index (χ4v) is 1.06. The number of rotatable bonds is 7. The second-order valence-electron chi connectivity index (χ2n) is 3.11. The van der Waals surface area contributed by atoms with Crippen LogP contribution in [0.2, 0.25) is 0 Å². The zero-order valence-electron chi connectivity index (χ0n) is 7.94. The zero-order chi connectivity index (χ0) is 10.3. The highest BCUT2D eigenvalue weighted by Crippen LogP contribution is 1.99. The maximum Gasteiger partial charge on any atom is 0.317 e. The van der Waals surface area contributed by atoms with Gasteiger partial charge in [-0.15, -0.1) is 6.58 Å². The summed E-state index contributed by atoms with van der Waals surface area (Å²) in [4.78, 5) is 11.8. The lowest BCUT2D eigenvalue weighted by atomic mass is 10.2. The first-order valence-electron chi connectivity index (χ1n) is 4.25. The molecule has 0 aromatic heterocycles. The summed E-state index contributed by atoms with van der Waals surface area (Å²) in [6.07, 6.45) is 2.65. The Labute approximate surface area is 78.5 Å². The van der Waals surface area contributed by atoms with Crippen LogP contribution in [-0.2, 0) is 4.79 Å². The first-order valence-corrected chi connectivity index (χ1v) is 4.25. The number of carboxylic acid groups (broad SMARTS) is 1. The van der Waals surface area contributed by atoms with Crippen LogP contribution in [0.25, 0.3) is 0 Å². The highest BCUT2D eigenvalue weighted by Gasteiger charge is 2.09. The second kappa shape index (κ2) is 6.62. The number of aliphatic hydroxyl groups is 1. The highest BCUT2D eigenvalue weighted by atomic mass is 16.4. The van der Waals surface area contributed by atoms with Crippen LogP contribution in [0.1, 0.15) is 12.8 Å². The number of aliphatic carboxylic acids is 1. The van der Waals surface area contributed by atoms with Crippen molar-refractivity contribution in [1.29, 1.82) is 0 Å². The Morgan fingerprint density at radius 2 is 2.31 bits per heavy atom. The van der Waals surface area contributed by atoms with Gasteiger partial charge in [0.2, 0.25) is 0 Å². The van der Waals surface area contributed by atoms with Crippen LogP contribution in [0.4, 0.5) is 0 Å². The van der Waals surface area contributed by atoms with Crippen molar-refractivity contribution >= 4 is 5.97 Å². The van der Waals surface area contributed by atoms with E-state index >= 15 is 0 Å². The lowest BCUT2D eigenvalue weighted by Gasteiger charge is -2.17. The molecule has 0 aliphatic heterocycles. The van der Waals surface area contributed by atoms with Gasteiger partial charge in [0, 0.05) is 6.54 Å². The summed E-state index contributed by atoms with van der Waals surface area (Å²) in [5, 5.41) is 17.8. The van der Waals surface area contributed by atoms with Crippen LogP contribution in [-0.4, -0.2) is 47.3 Å². The minimum Gasteiger partial charge on any atom is -0.480 e. The van der Waals surface area contributed by atoms with E-state index < -0.39 is 12.1 Å². The van der Waals surface area contributed by atoms with Crippen molar-refractivity contribution in [3.05, 3.63) is 12.7 Å². The molecule has 0 bridgehead atoms. The molecule has 0 radical (unpaired) electrons. The summed E-state index contributed by atoms with van der Waals surface area (Å²) in [5.74, 6) is -0.876. The van der Waals surface area contributed by atoms with E-state index in [0.717, 1.165) is 6.42 Å². The van der Waals surface area contributed by atoms with E-state index in [0.29, 0.717) is 13.0 Å². The van der Waals surface area contributed by atoms with Gasteiger partial charge in [-0.1, -0.05) is 6.08 Å². The normalized spacial score (nSPS) is 12.8. The van der Waals surface area contributed by atoms with Crippen molar-refractivity contribution < 1.29 is 15.0 Å². The molecule has 0 aliphatic carbocycles. The third-order valence-electron chi connectivity index (χ3n) is 1.63. The summed E-state index contributed by atoms with van der Waals surface area (Å²) in [5.41, 5.74) is 0. The third-order valence-corrected chi connectivity index (χ3v) is 1.63. The number of likely N-dealkylation sites (N-methyl/N-ethyl adjacent to an activating group) is 1. The van der Waals surface area contributed by atoms with Crippen molar-refractivity contribution in [1.82, 2.24) is 4.90 Å². The number of hydrogen-bond donors (Lipinski definition) is 2. The molecule has 0 heterocycles. The van der Waals surface area contributed by atoms with E-state index in [9.17, 15) is 9.90 Å².